The summed E-state index contributed by atoms with van der Waals surface area (Å²) in [6, 6.07) is 8.26. The van der Waals surface area contributed by atoms with Gasteiger partial charge in [-0.2, -0.15) is 18.4 Å². The number of benzene rings is 1. The maximum atomic E-state index is 12.9. The molecule has 0 radical (unpaired) electrons. The van der Waals surface area contributed by atoms with Crippen LogP contribution in [0.4, 0.5) is 13.2 Å². The molecule has 6 heteroatoms. The largest absolute Gasteiger partial charge is 0.481 e. The molecule has 0 amide bonds. The van der Waals surface area contributed by atoms with E-state index in [9.17, 15) is 13.2 Å². The van der Waals surface area contributed by atoms with Crippen LogP contribution in [0.2, 0.25) is 0 Å². The van der Waals surface area contributed by atoms with Gasteiger partial charge >= 0.3 is 6.18 Å². The molecule has 0 bridgehead atoms. The Morgan fingerprint density at radius 2 is 2.00 bits per heavy atom. The lowest BCUT2D eigenvalue weighted by Gasteiger charge is -2.12. The van der Waals surface area contributed by atoms with Crippen molar-refractivity contribution in [2.45, 2.75) is 6.18 Å². The van der Waals surface area contributed by atoms with Crippen molar-refractivity contribution < 1.29 is 17.9 Å². The molecule has 102 valence electrons. The Balaban J connectivity index is 2.63. The van der Waals surface area contributed by atoms with Crippen LogP contribution in [0.5, 0.6) is 5.88 Å². The molecule has 1 aromatic carbocycles. The molecule has 0 aliphatic carbocycles. The molecule has 1 heterocycles. The van der Waals surface area contributed by atoms with Gasteiger partial charge in [0.05, 0.1) is 24.3 Å². The van der Waals surface area contributed by atoms with E-state index in [0.29, 0.717) is 11.1 Å². The normalized spacial score (nSPS) is 10.9. The first-order chi connectivity index (χ1) is 9.47. The van der Waals surface area contributed by atoms with Crippen LogP contribution in [0.25, 0.3) is 11.1 Å². The van der Waals surface area contributed by atoms with E-state index in [1.807, 2.05) is 0 Å². The van der Waals surface area contributed by atoms with Gasteiger partial charge in [0.1, 0.15) is 0 Å². The molecule has 2 rings (SSSR count). The van der Waals surface area contributed by atoms with Gasteiger partial charge in [0.25, 0.3) is 0 Å². The van der Waals surface area contributed by atoms with Gasteiger partial charge in [-0.25, -0.2) is 4.98 Å². The van der Waals surface area contributed by atoms with Gasteiger partial charge in [0.2, 0.25) is 5.88 Å². The molecule has 0 spiro atoms. The molecule has 0 unspecified atom stereocenters. The van der Waals surface area contributed by atoms with Crippen molar-refractivity contribution in [1.29, 1.82) is 5.26 Å². The van der Waals surface area contributed by atoms with Gasteiger partial charge in [0, 0.05) is 11.8 Å². The smallest absolute Gasteiger partial charge is 0.417 e. The lowest BCUT2D eigenvalue weighted by molar-refractivity contribution is -0.137. The highest BCUT2D eigenvalue weighted by Crippen LogP contribution is 2.36. The number of pyridine rings is 1. The Morgan fingerprint density at radius 3 is 2.60 bits per heavy atom. The molecule has 0 aliphatic rings. The molecule has 0 fully saturated rings. The monoisotopic (exact) mass is 278 g/mol. The van der Waals surface area contributed by atoms with Crippen LogP contribution in [0.15, 0.2) is 36.5 Å². The van der Waals surface area contributed by atoms with E-state index in [2.05, 4.69) is 4.98 Å². The molecular weight excluding hydrogens is 269 g/mol. The van der Waals surface area contributed by atoms with Crippen LogP contribution in [0.1, 0.15) is 11.1 Å². The molecule has 0 saturated heterocycles. The van der Waals surface area contributed by atoms with Crippen molar-refractivity contribution in [3.8, 4) is 23.1 Å². The highest BCUT2D eigenvalue weighted by Gasteiger charge is 2.34. The molecule has 0 N–H and O–H groups in total. The zero-order valence-corrected chi connectivity index (χ0v) is 10.4. The van der Waals surface area contributed by atoms with Gasteiger partial charge < -0.3 is 4.74 Å². The van der Waals surface area contributed by atoms with Crippen LogP contribution in [0, 0.1) is 11.3 Å². The molecule has 2 aromatic rings. The second-order valence-corrected chi connectivity index (χ2v) is 3.93. The van der Waals surface area contributed by atoms with Gasteiger partial charge in [-0.3, -0.25) is 0 Å². The number of hydrogen-bond acceptors (Lipinski definition) is 3. The number of alkyl halides is 3. The zero-order valence-electron chi connectivity index (χ0n) is 10.4. The quantitative estimate of drug-likeness (QED) is 0.842. The van der Waals surface area contributed by atoms with Crippen molar-refractivity contribution >= 4 is 0 Å². The second-order valence-electron chi connectivity index (χ2n) is 3.93. The molecule has 3 nitrogen and oxygen atoms in total. The third-order valence-electron chi connectivity index (χ3n) is 2.72. The predicted molar refractivity (Wildman–Crippen MR) is 65.9 cm³/mol. The topological polar surface area (TPSA) is 45.9 Å². The minimum absolute atomic E-state index is 0.227. The standard InChI is InChI=1S/C14H9F3N2O/c1-20-13-11(3-2-6-19-13)9-4-5-10(8-18)12(7-9)14(15,16)17/h2-7H,1H3. The highest BCUT2D eigenvalue weighted by atomic mass is 19.4. The first kappa shape index (κ1) is 13.9. The Morgan fingerprint density at radius 1 is 1.25 bits per heavy atom. The number of nitriles is 1. The minimum Gasteiger partial charge on any atom is -0.481 e. The van der Waals surface area contributed by atoms with E-state index in [0.717, 1.165) is 12.1 Å². The zero-order chi connectivity index (χ0) is 14.8. The van der Waals surface area contributed by atoms with Crippen molar-refractivity contribution in [3.05, 3.63) is 47.7 Å². The average molecular weight is 278 g/mol. The summed E-state index contributed by atoms with van der Waals surface area (Å²) in [7, 11) is 1.39. The highest BCUT2D eigenvalue weighted by molar-refractivity contribution is 5.70. The average Bonchev–Trinajstić information content (AvgIpc) is 2.45. The summed E-state index contributed by atoms with van der Waals surface area (Å²) in [5, 5.41) is 8.76. The van der Waals surface area contributed by atoms with Crippen LogP contribution in [0.3, 0.4) is 0 Å². The minimum atomic E-state index is -4.59. The van der Waals surface area contributed by atoms with Crippen molar-refractivity contribution in [2.75, 3.05) is 7.11 Å². The maximum Gasteiger partial charge on any atom is 0.417 e. The molecular formula is C14H9F3N2O. The predicted octanol–water partition coefficient (Wildman–Crippen LogP) is 3.65. The summed E-state index contributed by atoms with van der Waals surface area (Å²) >= 11 is 0. The first-order valence-corrected chi connectivity index (χ1v) is 5.58. The van der Waals surface area contributed by atoms with Crippen LogP contribution in [-0.2, 0) is 6.18 Å². The summed E-state index contributed by atoms with van der Waals surface area (Å²) < 4.78 is 43.8. The Hall–Kier alpha value is -2.55. The Bertz CT molecular complexity index is 675. The number of ether oxygens (including phenoxy) is 1. The number of methoxy groups -OCH3 is 1. The van der Waals surface area contributed by atoms with E-state index >= 15 is 0 Å². The van der Waals surface area contributed by atoms with E-state index in [1.54, 1.807) is 18.2 Å². The molecule has 1 aromatic heterocycles. The number of halogens is 3. The van der Waals surface area contributed by atoms with E-state index < -0.39 is 17.3 Å². The fourth-order valence-electron chi connectivity index (χ4n) is 1.82. The van der Waals surface area contributed by atoms with Crippen LogP contribution >= 0.6 is 0 Å². The summed E-state index contributed by atoms with van der Waals surface area (Å²) in [5.74, 6) is 0.227. The number of aromatic nitrogens is 1. The molecule has 0 aliphatic heterocycles. The van der Waals surface area contributed by atoms with Crippen molar-refractivity contribution in [1.82, 2.24) is 4.98 Å². The van der Waals surface area contributed by atoms with Gasteiger partial charge in [-0.1, -0.05) is 6.07 Å². The third-order valence-corrected chi connectivity index (χ3v) is 2.72. The fraction of sp³-hybridized carbons (Fsp3) is 0.143. The Labute approximate surface area is 113 Å². The van der Waals surface area contributed by atoms with Crippen LogP contribution in [-0.4, -0.2) is 12.1 Å². The summed E-state index contributed by atoms with van der Waals surface area (Å²) in [5.41, 5.74) is -0.654. The lowest BCUT2D eigenvalue weighted by Crippen LogP contribution is -2.08. The summed E-state index contributed by atoms with van der Waals surface area (Å²) in [4.78, 5) is 3.94. The van der Waals surface area contributed by atoms with Crippen LogP contribution < -0.4 is 4.74 Å². The van der Waals surface area contributed by atoms with Crippen molar-refractivity contribution in [3.63, 3.8) is 0 Å². The SMILES string of the molecule is COc1ncccc1-c1ccc(C#N)c(C(F)(F)F)c1. The van der Waals surface area contributed by atoms with Gasteiger partial charge in [-0.05, 0) is 29.8 Å². The van der Waals surface area contributed by atoms with E-state index in [-0.39, 0.29) is 5.88 Å². The second kappa shape index (κ2) is 5.21. The molecule has 0 saturated carbocycles. The lowest BCUT2D eigenvalue weighted by atomic mass is 10.00. The number of rotatable bonds is 2. The first-order valence-electron chi connectivity index (χ1n) is 5.58. The fourth-order valence-corrected chi connectivity index (χ4v) is 1.82. The van der Waals surface area contributed by atoms with Crippen molar-refractivity contribution in [2.24, 2.45) is 0 Å². The van der Waals surface area contributed by atoms with Gasteiger partial charge in [-0.15, -0.1) is 0 Å². The van der Waals surface area contributed by atoms with E-state index in [4.69, 9.17) is 10.00 Å². The van der Waals surface area contributed by atoms with E-state index in [1.165, 1.54) is 19.4 Å². The number of nitrogens with zero attached hydrogens (tertiary/aromatic N) is 2. The third kappa shape index (κ3) is 2.57. The Kier molecular flexibility index (Phi) is 3.61. The number of hydrogen-bond donors (Lipinski definition) is 0. The summed E-state index contributed by atoms with van der Waals surface area (Å²) in [6.07, 6.45) is -3.10. The summed E-state index contributed by atoms with van der Waals surface area (Å²) in [6.45, 7) is 0. The maximum absolute atomic E-state index is 12.9. The van der Waals surface area contributed by atoms with Gasteiger partial charge in [0.15, 0.2) is 0 Å². The molecule has 0 atom stereocenters. The molecule has 20 heavy (non-hydrogen) atoms.